The fourth-order valence-corrected chi connectivity index (χ4v) is 1.52. The topological polar surface area (TPSA) is 9.23 Å². The van der Waals surface area contributed by atoms with Gasteiger partial charge in [-0.2, -0.15) is 52.7 Å². The molecule has 0 amide bonds. The van der Waals surface area contributed by atoms with Gasteiger partial charge in [-0.3, -0.25) is 4.74 Å². The molecular formula is C13H16F14O. The molecule has 0 N–H and O–H groups in total. The van der Waals surface area contributed by atoms with Gasteiger partial charge < -0.3 is 0 Å². The molecule has 0 fully saturated rings. The molecular weight excluding hydrogens is 438 g/mol. The van der Waals surface area contributed by atoms with E-state index in [0.29, 0.717) is 0 Å². The number of rotatable bonds is 8. The summed E-state index contributed by atoms with van der Waals surface area (Å²) in [5.41, 5.74) is 0. The van der Waals surface area contributed by atoms with E-state index in [1.807, 2.05) is 13.8 Å². The molecule has 0 aromatic heterocycles. The summed E-state index contributed by atoms with van der Waals surface area (Å²) in [4.78, 5) is 0. The quantitative estimate of drug-likeness (QED) is 0.352. The Morgan fingerprint density at radius 1 is 0.643 bits per heavy atom. The number of halogens is 14. The van der Waals surface area contributed by atoms with Gasteiger partial charge in [0.15, 0.2) is 0 Å². The molecule has 1 nitrogen and oxygen atoms in total. The van der Waals surface area contributed by atoms with Gasteiger partial charge in [0.25, 0.3) is 0 Å². The van der Waals surface area contributed by atoms with E-state index >= 15 is 0 Å². The van der Waals surface area contributed by atoms with Crippen molar-refractivity contribution in [1.29, 1.82) is 0 Å². The molecule has 0 radical (unpaired) electrons. The van der Waals surface area contributed by atoms with Crippen molar-refractivity contribution in [3.05, 3.63) is 0 Å². The van der Waals surface area contributed by atoms with Crippen LogP contribution in [-0.2, 0) is 4.74 Å². The van der Waals surface area contributed by atoms with E-state index < -0.39 is 61.6 Å². The molecule has 1 unspecified atom stereocenters. The van der Waals surface area contributed by atoms with E-state index in [0.717, 1.165) is 6.92 Å². The van der Waals surface area contributed by atoms with Gasteiger partial charge >= 0.3 is 41.8 Å². The van der Waals surface area contributed by atoms with E-state index in [1.54, 1.807) is 4.74 Å². The summed E-state index contributed by atoms with van der Waals surface area (Å²) in [6.45, 7) is 3.71. The fourth-order valence-electron chi connectivity index (χ4n) is 1.52. The van der Waals surface area contributed by atoms with Gasteiger partial charge in [-0.05, 0) is 0 Å². The Kier molecular flexibility index (Phi) is 8.74. The van der Waals surface area contributed by atoms with Crippen LogP contribution in [0.3, 0.4) is 0 Å². The summed E-state index contributed by atoms with van der Waals surface area (Å²) >= 11 is 0. The van der Waals surface area contributed by atoms with Crippen LogP contribution in [0.2, 0.25) is 0 Å². The van der Waals surface area contributed by atoms with Crippen molar-refractivity contribution >= 4 is 0 Å². The predicted octanol–water partition coefficient (Wildman–Crippen LogP) is 7.21. The van der Waals surface area contributed by atoms with Crippen molar-refractivity contribution in [2.45, 2.75) is 82.4 Å². The molecule has 0 saturated carbocycles. The van der Waals surface area contributed by atoms with Gasteiger partial charge in [0, 0.05) is 13.3 Å². The fraction of sp³-hybridized carbons (Fsp3) is 1.00. The average Bonchev–Trinajstić information content (AvgIpc) is 2.45. The first-order chi connectivity index (χ1) is 12.0. The minimum Gasteiger partial charge on any atom is -0.265 e. The van der Waals surface area contributed by atoms with Crippen molar-refractivity contribution in [3.63, 3.8) is 0 Å². The van der Waals surface area contributed by atoms with E-state index in [-0.39, 0.29) is 0 Å². The van der Waals surface area contributed by atoms with E-state index in [2.05, 4.69) is 0 Å². The molecule has 28 heavy (non-hydrogen) atoms. The van der Waals surface area contributed by atoms with Crippen LogP contribution >= 0.6 is 0 Å². The average molecular weight is 454 g/mol. The predicted molar refractivity (Wildman–Crippen MR) is 67.6 cm³/mol. The largest absolute Gasteiger partial charge is 0.455 e. The van der Waals surface area contributed by atoms with Crippen molar-refractivity contribution in [2.75, 3.05) is 0 Å². The Labute approximate surface area is 150 Å². The maximum absolute atomic E-state index is 13.3. The lowest BCUT2D eigenvalue weighted by molar-refractivity contribution is -0.506. The first-order valence-electron chi connectivity index (χ1n) is 7.36. The van der Waals surface area contributed by atoms with Crippen molar-refractivity contribution in [1.82, 2.24) is 0 Å². The Morgan fingerprint density at radius 2 is 1.00 bits per heavy atom. The second-order valence-corrected chi connectivity index (χ2v) is 5.20. The molecule has 0 aromatic carbocycles. The van der Waals surface area contributed by atoms with Crippen molar-refractivity contribution < 1.29 is 66.2 Å². The molecule has 0 aliphatic rings. The van der Waals surface area contributed by atoms with Crippen LogP contribution in [0.4, 0.5) is 61.5 Å². The number of hydrogen-bond acceptors (Lipinski definition) is 1. The maximum atomic E-state index is 13.3. The summed E-state index contributed by atoms with van der Waals surface area (Å²) in [5, 5.41) is 0. The summed E-state index contributed by atoms with van der Waals surface area (Å²) in [7, 11) is 0. The van der Waals surface area contributed by atoms with Crippen LogP contribution < -0.4 is 0 Å². The molecule has 0 aliphatic carbocycles. The van der Waals surface area contributed by atoms with Crippen LogP contribution in [0.5, 0.6) is 0 Å². The van der Waals surface area contributed by atoms with E-state index in [9.17, 15) is 61.5 Å². The standard InChI is InChI=1S/C11H10F14O.C2H6/c1-3-4-6(14,15)7(16,17)8(18,19)11(24,25)26-9(20,5(2,12)13)10(21,22)23;1-2/h3-4H2,1-2H3;1-2H3. The highest BCUT2D eigenvalue weighted by molar-refractivity contribution is 5.02. The summed E-state index contributed by atoms with van der Waals surface area (Å²) < 4.78 is 183. The minimum absolute atomic E-state index is 0.741. The van der Waals surface area contributed by atoms with Gasteiger partial charge in [-0.1, -0.05) is 27.2 Å². The molecule has 1 atom stereocenters. The molecule has 172 valence electrons. The molecule has 0 saturated heterocycles. The van der Waals surface area contributed by atoms with Gasteiger partial charge in [-0.25, -0.2) is 8.78 Å². The molecule has 0 spiro atoms. The molecule has 0 bridgehead atoms. The number of alkyl halides is 14. The first-order valence-corrected chi connectivity index (χ1v) is 7.36. The molecule has 15 heteroatoms. The second kappa shape index (κ2) is 8.38. The monoisotopic (exact) mass is 454 g/mol. The number of ether oxygens (including phenoxy) is 1. The van der Waals surface area contributed by atoms with Gasteiger partial charge in [0.05, 0.1) is 0 Å². The highest BCUT2D eigenvalue weighted by Crippen LogP contribution is 2.57. The lowest BCUT2D eigenvalue weighted by Crippen LogP contribution is -2.67. The Bertz CT molecular complexity index is 476. The third kappa shape index (κ3) is 4.93. The maximum Gasteiger partial charge on any atom is 0.455 e. The van der Waals surface area contributed by atoms with E-state index in [4.69, 9.17) is 0 Å². The zero-order valence-electron chi connectivity index (χ0n) is 14.6. The normalized spacial score (nSPS) is 16.9. The molecule has 0 rings (SSSR count). The Morgan fingerprint density at radius 3 is 1.25 bits per heavy atom. The lowest BCUT2D eigenvalue weighted by atomic mass is 9.99. The summed E-state index contributed by atoms with van der Waals surface area (Å²) in [5.74, 6) is -33.4. The van der Waals surface area contributed by atoms with Crippen molar-refractivity contribution in [3.8, 4) is 0 Å². The first kappa shape index (κ1) is 29.2. The zero-order chi connectivity index (χ0) is 23.6. The van der Waals surface area contributed by atoms with Gasteiger partial charge in [0.2, 0.25) is 0 Å². The SMILES string of the molecule is CC.CCCC(F)(F)C(F)(F)C(F)(F)C(F)(F)OC(F)(C(C)(F)F)C(F)(F)F. The van der Waals surface area contributed by atoms with Crippen LogP contribution in [0, 0.1) is 0 Å². The van der Waals surface area contributed by atoms with Crippen LogP contribution in [-0.4, -0.2) is 41.8 Å². The summed E-state index contributed by atoms with van der Waals surface area (Å²) in [6, 6.07) is 0. The smallest absolute Gasteiger partial charge is 0.265 e. The van der Waals surface area contributed by atoms with Gasteiger partial charge in [0.1, 0.15) is 0 Å². The van der Waals surface area contributed by atoms with Gasteiger partial charge in [-0.15, -0.1) is 0 Å². The zero-order valence-corrected chi connectivity index (χ0v) is 14.6. The lowest BCUT2D eigenvalue weighted by Gasteiger charge is -2.40. The van der Waals surface area contributed by atoms with Crippen LogP contribution in [0.1, 0.15) is 40.5 Å². The third-order valence-electron chi connectivity index (χ3n) is 2.98. The highest BCUT2D eigenvalue weighted by Gasteiger charge is 2.85. The number of hydrogen-bond donors (Lipinski definition) is 0. The van der Waals surface area contributed by atoms with Crippen molar-refractivity contribution in [2.24, 2.45) is 0 Å². The molecule has 0 heterocycles. The Balaban J connectivity index is 0. The molecule has 0 aliphatic heterocycles. The summed E-state index contributed by atoms with van der Waals surface area (Å²) in [6.07, 6.45) is -17.6. The minimum atomic E-state index is -7.49. The Hall–Kier alpha value is -1.02. The molecule has 0 aromatic rings. The second-order valence-electron chi connectivity index (χ2n) is 5.20. The highest BCUT2D eigenvalue weighted by atomic mass is 19.4. The third-order valence-corrected chi connectivity index (χ3v) is 2.98. The van der Waals surface area contributed by atoms with E-state index in [1.165, 1.54) is 0 Å². The van der Waals surface area contributed by atoms with Crippen LogP contribution in [0.15, 0.2) is 0 Å². The van der Waals surface area contributed by atoms with Crippen LogP contribution in [0.25, 0.3) is 0 Å².